The van der Waals surface area contributed by atoms with Gasteiger partial charge in [0.2, 0.25) is 0 Å². The molecule has 0 aliphatic carbocycles. The molecule has 0 rings (SSSR count). The van der Waals surface area contributed by atoms with E-state index in [2.05, 4.69) is 64.1 Å². The van der Waals surface area contributed by atoms with Crippen LogP contribution in [0.5, 0.6) is 0 Å². The third kappa shape index (κ3) is 32.3. The molecule has 0 N–H and O–H groups in total. The molecule has 0 aromatic heterocycles. The van der Waals surface area contributed by atoms with Crippen LogP contribution in [0.2, 0.25) is 0 Å². The van der Waals surface area contributed by atoms with Crippen LogP contribution >= 0.6 is 0 Å². The zero-order valence-corrected chi connectivity index (χ0v) is 30.7. The maximum atomic E-state index is 12.5. The highest BCUT2D eigenvalue weighted by Gasteiger charge is 2.14. The second-order valence-corrected chi connectivity index (χ2v) is 13.9. The lowest BCUT2D eigenvalue weighted by atomic mass is 9.93. The van der Waals surface area contributed by atoms with Crippen molar-refractivity contribution in [2.24, 2.45) is 5.92 Å². The van der Waals surface area contributed by atoms with Gasteiger partial charge < -0.3 is 9.64 Å². The van der Waals surface area contributed by atoms with E-state index in [1.807, 2.05) is 0 Å². The van der Waals surface area contributed by atoms with Crippen molar-refractivity contribution in [3.63, 3.8) is 0 Å². The molecule has 0 aliphatic rings. The van der Waals surface area contributed by atoms with Gasteiger partial charge in [-0.05, 0) is 104 Å². The highest BCUT2D eigenvalue weighted by atomic mass is 16.5. The first-order chi connectivity index (χ1) is 21.5. The summed E-state index contributed by atoms with van der Waals surface area (Å²) in [6.07, 6.45) is 45.0. The number of rotatable bonds is 34. The summed E-state index contributed by atoms with van der Waals surface area (Å²) in [6, 6.07) is 0. The Morgan fingerprint density at radius 2 is 0.977 bits per heavy atom. The first-order valence-corrected chi connectivity index (χ1v) is 19.7. The fraction of sp³-hybridized carbons (Fsp3) is 0.878. The van der Waals surface area contributed by atoms with Crippen LogP contribution in [0.1, 0.15) is 201 Å². The van der Waals surface area contributed by atoms with E-state index in [0.717, 1.165) is 31.7 Å². The van der Waals surface area contributed by atoms with Crippen LogP contribution in [0.25, 0.3) is 0 Å². The van der Waals surface area contributed by atoms with Crippen molar-refractivity contribution < 1.29 is 9.53 Å². The van der Waals surface area contributed by atoms with E-state index in [-0.39, 0.29) is 12.1 Å². The summed E-state index contributed by atoms with van der Waals surface area (Å²) in [5.41, 5.74) is 0. The number of carbonyl (C=O) groups excluding carboxylic acids is 1. The third-order valence-corrected chi connectivity index (χ3v) is 9.02. The number of allylic oxidation sites excluding steroid dienone is 4. The Bertz CT molecular complexity index is 617. The second-order valence-electron chi connectivity index (χ2n) is 13.9. The molecular formula is C41H79NO2. The Kier molecular flexibility index (Phi) is 33.9. The van der Waals surface area contributed by atoms with Crippen molar-refractivity contribution in [2.75, 3.05) is 20.6 Å². The highest BCUT2D eigenvalue weighted by molar-refractivity contribution is 5.69. The van der Waals surface area contributed by atoms with Crippen LogP contribution in [0.4, 0.5) is 0 Å². The number of unbranched alkanes of at least 4 members (excludes halogenated alkanes) is 17. The second kappa shape index (κ2) is 34.8. The lowest BCUT2D eigenvalue weighted by molar-refractivity contribution is -0.150. The van der Waals surface area contributed by atoms with Crippen LogP contribution < -0.4 is 0 Å². The van der Waals surface area contributed by atoms with Crippen LogP contribution in [0, 0.1) is 5.92 Å². The number of carbonyl (C=O) groups is 1. The van der Waals surface area contributed by atoms with E-state index in [1.54, 1.807) is 0 Å². The third-order valence-electron chi connectivity index (χ3n) is 9.02. The standard InChI is InChI=1S/C41H79NO2/c1-6-9-12-15-18-21-26-32-39(33-27-22-19-16-13-10-7-2)34-28-23-20-25-30-36-40(35-29-24-17-14-11-8-3)44-41(43)37-31-38-42(4)5/h21-22,26-27,39-40H,6-20,23-25,28-38H2,1-5H3/b26-21-,27-22-. The molecule has 0 spiro atoms. The van der Waals surface area contributed by atoms with Gasteiger partial charge >= 0.3 is 5.97 Å². The van der Waals surface area contributed by atoms with Gasteiger partial charge in [-0.1, -0.05) is 141 Å². The zero-order valence-electron chi connectivity index (χ0n) is 30.7. The van der Waals surface area contributed by atoms with E-state index < -0.39 is 0 Å². The largest absolute Gasteiger partial charge is 0.462 e. The van der Waals surface area contributed by atoms with Gasteiger partial charge in [0, 0.05) is 6.42 Å². The average Bonchev–Trinajstić information content (AvgIpc) is 3.00. The van der Waals surface area contributed by atoms with Crippen molar-refractivity contribution in [1.82, 2.24) is 4.90 Å². The van der Waals surface area contributed by atoms with Crippen LogP contribution in [-0.4, -0.2) is 37.6 Å². The van der Waals surface area contributed by atoms with Gasteiger partial charge in [0.15, 0.2) is 0 Å². The zero-order chi connectivity index (χ0) is 32.4. The predicted molar refractivity (Wildman–Crippen MR) is 197 cm³/mol. The molecule has 0 saturated carbocycles. The molecule has 3 heteroatoms. The molecule has 3 nitrogen and oxygen atoms in total. The number of nitrogens with zero attached hydrogens (tertiary/aromatic N) is 1. The van der Waals surface area contributed by atoms with E-state index in [4.69, 9.17) is 4.74 Å². The molecule has 0 saturated heterocycles. The van der Waals surface area contributed by atoms with Crippen LogP contribution in [0.15, 0.2) is 24.3 Å². The number of hydrogen-bond acceptors (Lipinski definition) is 3. The summed E-state index contributed by atoms with van der Waals surface area (Å²) < 4.78 is 6.00. The minimum absolute atomic E-state index is 0.0129. The van der Waals surface area contributed by atoms with Crippen molar-refractivity contribution in [3.05, 3.63) is 24.3 Å². The highest BCUT2D eigenvalue weighted by Crippen LogP contribution is 2.22. The Labute approximate surface area is 277 Å². The lowest BCUT2D eigenvalue weighted by Gasteiger charge is -2.19. The predicted octanol–water partition coefficient (Wildman–Crippen LogP) is 13.2. The SMILES string of the molecule is CCCCCC/C=C\CC(C/C=C\CCCCCC)CCCCCCCC(CCCCCCCC)OC(=O)CCCN(C)C. The summed E-state index contributed by atoms with van der Waals surface area (Å²) in [5.74, 6) is 0.807. The number of hydrogen-bond donors (Lipinski definition) is 0. The fourth-order valence-electron chi connectivity index (χ4n) is 6.06. The molecule has 1 unspecified atom stereocenters. The molecule has 0 aromatic rings. The van der Waals surface area contributed by atoms with Crippen molar-refractivity contribution >= 4 is 5.97 Å². The van der Waals surface area contributed by atoms with Gasteiger partial charge in [-0.15, -0.1) is 0 Å². The van der Waals surface area contributed by atoms with Crippen LogP contribution in [-0.2, 0) is 9.53 Å². The van der Waals surface area contributed by atoms with E-state index in [0.29, 0.717) is 6.42 Å². The van der Waals surface area contributed by atoms with Crippen molar-refractivity contribution in [3.8, 4) is 0 Å². The normalized spacial score (nSPS) is 12.8. The molecule has 0 amide bonds. The molecule has 0 radical (unpaired) electrons. The molecular weight excluding hydrogens is 538 g/mol. The minimum Gasteiger partial charge on any atom is -0.462 e. The maximum absolute atomic E-state index is 12.5. The summed E-state index contributed by atoms with van der Waals surface area (Å²) >= 11 is 0. The first kappa shape index (κ1) is 42.9. The topological polar surface area (TPSA) is 29.5 Å². The van der Waals surface area contributed by atoms with Crippen molar-refractivity contribution in [2.45, 2.75) is 207 Å². The Hall–Kier alpha value is -1.09. The summed E-state index contributed by atoms with van der Waals surface area (Å²) in [4.78, 5) is 14.6. The van der Waals surface area contributed by atoms with E-state index in [9.17, 15) is 4.79 Å². The molecule has 1 atom stereocenters. The lowest BCUT2D eigenvalue weighted by Crippen LogP contribution is -2.20. The number of ether oxygens (including phenoxy) is 1. The molecule has 44 heavy (non-hydrogen) atoms. The van der Waals surface area contributed by atoms with Gasteiger partial charge in [-0.2, -0.15) is 0 Å². The molecule has 260 valence electrons. The van der Waals surface area contributed by atoms with Gasteiger partial charge in [-0.3, -0.25) is 4.79 Å². The van der Waals surface area contributed by atoms with E-state index in [1.165, 1.54) is 154 Å². The Morgan fingerprint density at radius 1 is 0.545 bits per heavy atom. The molecule has 0 aromatic carbocycles. The van der Waals surface area contributed by atoms with E-state index >= 15 is 0 Å². The quantitative estimate of drug-likeness (QED) is 0.0409. The first-order valence-electron chi connectivity index (χ1n) is 19.7. The van der Waals surface area contributed by atoms with Gasteiger partial charge in [0.25, 0.3) is 0 Å². The Balaban J connectivity index is 4.46. The summed E-state index contributed by atoms with van der Waals surface area (Å²) in [7, 11) is 4.13. The average molecular weight is 618 g/mol. The monoisotopic (exact) mass is 618 g/mol. The van der Waals surface area contributed by atoms with Gasteiger partial charge in [-0.25, -0.2) is 0 Å². The molecule has 0 bridgehead atoms. The summed E-state index contributed by atoms with van der Waals surface area (Å²) in [6.45, 7) is 7.80. The Morgan fingerprint density at radius 3 is 1.45 bits per heavy atom. The molecule has 0 aliphatic heterocycles. The molecule has 0 heterocycles. The van der Waals surface area contributed by atoms with Crippen molar-refractivity contribution in [1.29, 1.82) is 0 Å². The maximum Gasteiger partial charge on any atom is 0.306 e. The minimum atomic E-state index is 0.0129. The number of esters is 1. The van der Waals surface area contributed by atoms with Gasteiger partial charge in [0.1, 0.15) is 6.10 Å². The summed E-state index contributed by atoms with van der Waals surface area (Å²) in [5, 5.41) is 0. The van der Waals surface area contributed by atoms with Gasteiger partial charge in [0.05, 0.1) is 0 Å². The van der Waals surface area contributed by atoms with Crippen LogP contribution in [0.3, 0.4) is 0 Å². The smallest absolute Gasteiger partial charge is 0.306 e. The fourth-order valence-corrected chi connectivity index (χ4v) is 6.06. The molecule has 0 fully saturated rings.